The van der Waals surface area contributed by atoms with Gasteiger partial charge in [-0.3, -0.25) is 14.7 Å². The molecule has 5 heteroatoms. The van der Waals surface area contributed by atoms with E-state index in [0.29, 0.717) is 6.42 Å². The number of aromatic nitrogens is 1. The largest absolute Gasteiger partial charge is 0.480 e. The number of carboxylic acids is 1. The number of hydrogen-bond acceptors (Lipinski definition) is 3. The minimum absolute atomic E-state index is 0.165. The summed E-state index contributed by atoms with van der Waals surface area (Å²) in [5.74, 6) is -0.751. The van der Waals surface area contributed by atoms with E-state index in [1.54, 1.807) is 0 Å². The van der Waals surface area contributed by atoms with Crippen molar-refractivity contribution in [1.82, 2.24) is 9.88 Å². The number of carbonyl (C=O) groups is 1. The molecule has 126 valence electrons. The highest BCUT2D eigenvalue weighted by molar-refractivity contribution is 9.10. The molecule has 3 rings (SSSR count). The molecule has 0 aliphatic carbocycles. The zero-order valence-electron chi connectivity index (χ0n) is 13.7. The average molecular weight is 389 g/mol. The lowest BCUT2D eigenvalue weighted by molar-refractivity contribution is -0.145. The van der Waals surface area contributed by atoms with Gasteiger partial charge in [0.1, 0.15) is 6.04 Å². The molecule has 24 heavy (non-hydrogen) atoms. The van der Waals surface area contributed by atoms with Crippen LogP contribution in [0.1, 0.15) is 42.3 Å². The normalized spacial score (nSPS) is 19.8. The summed E-state index contributed by atoms with van der Waals surface area (Å²) in [7, 11) is 0. The monoisotopic (exact) mass is 388 g/mol. The van der Waals surface area contributed by atoms with Crippen LogP contribution in [0.25, 0.3) is 0 Å². The second kappa shape index (κ2) is 7.45. The molecule has 0 amide bonds. The Morgan fingerprint density at radius 1 is 1.25 bits per heavy atom. The number of benzene rings is 1. The molecule has 4 nitrogen and oxygen atoms in total. The number of likely N-dealkylation sites (tertiary alicyclic amines) is 1. The van der Waals surface area contributed by atoms with Crippen LogP contribution in [0.15, 0.2) is 46.9 Å². The van der Waals surface area contributed by atoms with Crippen LogP contribution in [-0.2, 0) is 4.79 Å². The molecule has 1 aliphatic rings. The van der Waals surface area contributed by atoms with Crippen LogP contribution in [0.2, 0.25) is 0 Å². The number of halogens is 1. The van der Waals surface area contributed by atoms with Gasteiger partial charge < -0.3 is 5.11 Å². The third-order valence-electron chi connectivity index (χ3n) is 4.55. The van der Waals surface area contributed by atoms with Crippen molar-refractivity contribution in [3.63, 3.8) is 0 Å². The summed E-state index contributed by atoms with van der Waals surface area (Å²) in [5.41, 5.74) is 2.90. The molecule has 1 fully saturated rings. The number of carboxylic acid groups (broad SMARTS) is 1. The van der Waals surface area contributed by atoms with Crippen LogP contribution >= 0.6 is 15.9 Å². The van der Waals surface area contributed by atoms with Crippen molar-refractivity contribution < 1.29 is 9.90 Å². The van der Waals surface area contributed by atoms with Crippen molar-refractivity contribution in [2.45, 2.75) is 38.3 Å². The Bertz CT molecular complexity index is 735. The third-order valence-corrected chi connectivity index (χ3v) is 5.27. The molecule has 2 aromatic rings. The van der Waals surface area contributed by atoms with Crippen molar-refractivity contribution in [2.75, 3.05) is 6.54 Å². The average Bonchev–Trinajstić information content (AvgIpc) is 2.57. The summed E-state index contributed by atoms with van der Waals surface area (Å²) >= 11 is 3.63. The Balaban J connectivity index is 2.11. The molecular formula is C19H21BrN2O2. The van der Waals surface area contributed by atoms with Gasteiger partial charge in [-0.2, -0.15) is 0 Å². The summed E-state index contributed by atoms with van der Waals surface area (Å²) in [6.07, 6.45) is 2.65. The number of nitrogens with zero attached hydrogens (tertiary/aromatic N) is 2. The number of aliphatic carboxylic acids is 1. The maximum Gasteiger partial charge on any atom is 0.320 e. The first-order chi connectivity index (χ1) is 11.6. The van der Waals surface area contributed by atoms with Crippen LogP contribution in [0.5, 0.6) is 0 Å². The number of rotatable bonds is 4. The lowest BCUT2D eigenvalue weighted by atomic mass is 9.94. The highest BCUT2D eigenvalue weighted by Gasteiger charge is 2.36. The van der Waals surface area contributed by atoms with Gasteiger partial charge in [0.05, 0.1) is 11.7 Å². The van der Waals surface area contributed by atoms with Crippen LogP contribution in [0, 0.1) is 6.92 Å². The van der Waals surface area contributed by atoms with Crippen LogP contribution in [0.3, 0.4) is 0 Å². The molecule has 1 aliphatic heterocycles. The van der Waals surface area contributed by atoms with Gasteiger partial charge in [0, 0.05) is 10.2 Å². The molecule has 1 saturated heterocycles. The Morgan fingerprint density at radius 2 is 2.04 bits per heavy atom. The second-order valence-electron chi connectivity index (χ2n) is 6.22. The predicted molar refractivity (Wildman–Crippen MR) is 96.9 cm³/mol. The first kappa shape index (κ1) is 17.1. The summed E-state index contributed by atoms with van der Waals surface area (Å²) in [6, 6.07) is 13.3. The van der Waals surface area contributed by atoms with Gasteiger partial charge in [-0.05, 0) is 50.1 Å². The maximum absolute atomic E-state index is 11.8. The number of aryl methyl sites for hydroxylation is 1. The van der Waals surface area contributed by atoms with Gasteiger partial charge in [-0.1, -0.05) is 46.6 Å². The molecule has 0 spiro atoms. The Kier molecular flexibility index (Phi) is 5.31. The SMILES string of the molecule is Cc1cccc(C(c2ccccc2Br)N2CCCCC2C(=O)O)n1. The zero-order chi connectivity index (χ0) is 17.1. The molecule has 0 bridgehead atoms. The van der Waals surface area contributed by atoms with Gasteiger partial charge in [0.15, 0.2) is 0 Å². The molecule has 2 heterocycles. The Morgan fingerprint density at radius 3 is 2.75 bits per heavy atom. The molecule has 0 radical (unpaired) electrons. The summed E-state index contributed by atoms with van der Waals surface area (Å²) in [6.45, 7) is 2.73. The smallest absolute Gasteiger partial charge is 0.320 e. The number of pyridine rings is 1. The standard InChI is InChI=1S/C19H21BrN2O2/c1-13-7-6-10-16(21-13)18(14-8-2-3-9-15(14)20)22-12-5-4-11-17(22)19(23)24/h2-3,6-10,17-18H,4-5,11-12H2,1H3,(H,23,24). The van der Waals surface area contributed by atoms with Gasteiger partial charge in [0.25, 0.3) is 0 Å². The van der Waals surface area contributed by atoms with E-state index >= 15 is 0 Å². The van der Waals surface area contributed by atoms with Crippen LogP contribution in [-0.4, -0.2) is 33.5 Å². The number of piperidine rings is 1. The van der Waals surface area contributed by atoms with Crippen molar-refractivity contribution in [1.29, 1.82) is 0 Å². The molecule has 0 saturated carbocycles. The van der Waals surface area contributed by atoms with E-state index < -0.39 is 12.0 Å². The minimum Gasteiger partial charge on any atom is -0.480 e. The second-order valence-corrected chi connectivity index (χ2v) is 7.07. The molecule has 2 atom stereocenters. The molecule has 1 aromatic carbocycles. The van der Waals surface area contributed by atoms with E-state index in [0.717, 1.165) is 40.8 Å². The highest BCUT2D eigenvalue weighted by Crippen LogP contribution is 2.36. The van der Waals surface area contributed by atoms with Gasteiger partial charge in [-0.15, -0.1) is 0 Å². The van der Waals surface area contributed by atoms with Crippen molar-refractivity contribution in [3.8, 4) is 0 Å². The van der Waals surface area contributed by atoms with Crippen LogP contribution < -0.4 is 0 Å². The fourth-order valence-corrected chi connectivity index (χ4v) is 3.95. The molecule has 1 aromatic heterocycles. The van der Waals surface area contributed by atoms with E-state index in [1.165, 1.54) is 0 Å². The first-order valence-electron chi connectivity index (χ1n) is 8.24. The van der Waals surface area contributed by atoms with E-state index in [2.05, 4.69) is 20.8 Å². The lowest BCUT2D eigenvalue weighted by Gasteiger charge is -2.39. The number of hydrogen-bond donors (Lipinski definition) is 1. The quantitative estimate of drug-likeness (QED) is 0.853. The minimum atomic E-state index is -0.751. The van der Waals surface area contributed by atoms with Gasteiger partial charge in [0.2, 0.25) is 0 Å². The first-order valence-corrected chi connectivity index (χ1v) is 9.04. The van der Waals surface area contributed by atoms with Crippen molar-refractivity contribution in [3.05, 3.63) is 63.9 Å². The van der Waals surface area contributed by atoms with Crippen molar-refractivity contribution in [2.24, 2.45) is 0 Å². The van der Waals surface area contributed by atoms with E-state index in [9.17, 15) is 9.90 Å². The van der Waals surface area contributed by atoms with Gasteiger partial charge >= 0.3 is 5.97 Å². The fraction of sp³-hybridized carbons (Fsp3) is 0.368. The molecule has 2 unspecified atom stereocenters. The summed E-state index contributed by atoms with van der Waals surface area (Å²) in [5, 5.41) is 9.70. The Hall–Kier alpha value is -1.72. The summed E-state index contributed by atoms with van der Waals surface area (Å²) < 4.78 is 0.980. The van der Waals surface area contributed by atoms with E-state index in [1.807, 2.05) is 49.4 Å². The van der Waals surface area contributed by atoms with Gasteiger partial charge in [-0.25, -0.2) is 0 Å². The fourth-order valence-electron chi connectivity index (χ4n) is 3.45. The van der Waals surface area contributed by atoms with Crippen molar-refractivity contribution >= 4 is 21.9 Å². The van der Waals surface area contributed by atoms with E-state index in [-0.39, 0.29) is 6.04 Å². The third kappa shape index (κ3) is 3.52. The Labute approximate surface area is 150 Å². The predicted octanol–water partition coefficient (Wildman–Crippen LogP) is 4.18. The highest BCUT2D eigenvalue weighted by atomic mass is 79.9. The summed E-state index contributed by atoms with van der Waals surface area (Å²) in [4.78, 5) is 18.6. The molecular weight excluding hydrogens is 368 g/mol. The van der Waals surface area contributed by atoms with Crippen LogP contribution in [0.4, 0.5) is 0 Å². The lowest BCUT2D eigenvalue weighted by Crippen LogP contribution is -2.47. The van der Waals surface area contributed by atoms with E-state index in [4.69, 9.17) is 4.98 Å². The molecule has 1 N–H and O–H groups in total. The topological polar surface area (TPSA) is 53.4 Å². The zero-order valence-corrected chi connectivity index (χ0v) is 15.2. The maximum atomic E-state index is 11.8.